The third kappa shape index (κ3) is 1.91. The van der Waals surface area contributed by atoms with E-state index in [9.17, 15) is 4.48 Å². The predicted molar refractivity (Wildman–Crippen MR) is 60.5 cm³/mol. The number of rotatable bonds is 2. The van der Waals surface area contributed by atoms with Gasteiger partial charge in [-0.15, -0.1) is 0 Å². The normalized spacial score (nSPS) is 9.93. The molecule has 0 amide bonds. The lowest BCUT2D eigenvalue weighted by atomic mass is 10.2. The van der Waals surface area contributed by atoms with Crippen LogP contribution in [0.1, 0.15) is 0 Å². The molecule has 0 unspecified atom stereocenters. The fourth-order valence-corrected chi connectivity index (χ4v) is 1.36. The summed E-state index contributed by atoms with van der Waals surface area (Å²) in [5.41, 5.74) is 6.93. The maximum atomic E-state index is 13.9. The van der Waals surface area contributed by atoms with Gasteiger partial charge in [-0.05, 0) is 24.3 Å². The van der Waals surface area contributed by atoms with Crippen LogP contribution in [0.15, 0.2) is 54.6 Å². The van der Waals surface area contributed by atoms with E-state index in [1.54, 1.807) is 48.5 Å². The number of hydrogen-bond acceptors (Lipinski definition) is 2. The van der Waals surface area contributed by atoms with Gasteiger partial charge >= 0.3 is 0 Å². The molecule has 2 aromatic carbocycles. The van der Waals surface area contributed by atoms with E-state index in [0.717, 1.165) is 0 Å². The molecule has 0 aliphatic carbocycles. The second-order valence-corrected chi connectivity index (χ2v) is 3.18. The first kappa shape index (κ1) is 9.52. The first-order valence-electron chi connectivity index (χ1n) is 4.64. The fraction of sp³-hybridized carbons (Fsp3) is 0. The van der Waals surface area contributed by atoms with Crippen LogP contribution in [0.4, 0.5) is 21.5 Å². The van der Waals surface area contributed by atoms with E-state index in [4.69, 9.17) is 5.73 Å². The van der Waals surface area contributed by atoms with Gasteiger partial charge in [0, 0.05) is 0 Å². The van der Waals surface area contributed by atoms with E-state index in [-0.39, 0.29) is 0 Å². The van der Waals surface area contributed by atoms with Gasteiger partial charge in [-0.1, -0.05) is 34.8 Å². The number of anilines is 3. The number of halogens is 1. The summed E-state index contributed by atoms with van der Waals surface area (Å²) in [4.78, 5) is 0. The van der Waals surface area contributed by atoms with Gasteiger partial charge in [0.1, 0.15) is 0 Å². The van der Waals surface area contributed by atoms with Crippen LogP contribution in [-0.4, -0.2) is 0 Å². The number of nitrogen functional groups attached to an aromatic ring is 1. The highest BCUT2D eigenvalue weighted by Crippen LogP contribution is 2.29. The summed E-state index contributed by atoms with van der Waals surface area (Å²) in [7, 11) is 0. The molecule has 15 heavy (non-hydrogen) atoms. The highest BCUT2D eigenvalue weighted by molar-refractivity contribution is 5.72. The zero-order valence-corrected chi connectivity index (χ0v) is 8.10. The van der Waals surface area contributed by atoms with Gasteiger partial charge in [-0.25, -0.2) is 0 Å². The summed E-state index contributed by atoms with van der Waals surface area (Å²) < 4.78 is 13.9. The molecule has 0 saturated carbocycles. The lowest BCUT2D eigenvalue weighted by molar-refractivity contribution is 0.506. The Hall–Kier alpha value is -2.03. The molecule has 0 fully saturated rings. The van der Waals surface area contributed by atoms with E-state index in [2.05, 4.69) is 0 Å². The van der Waals surface area contributed by atoms with Crippen molar-refractivity contribution in [1.29, 1.82) is 0 Å². The maximum Gasteiger partial charge on any atom is 0.0976 e. The quantitative estimate of drug-likeness (QED) is 0.598. The van der Waals surface area contributed by atoms with Crippen LogP contribution >= 0.6 is 0 Å². The van der Waals surface area contributed by atoms with Crippen molar-refractivity contribution in [2.75, 3.05) is 10.9 Å². The van der Waals surface area contributed by atoms with E-state index in [1.165, 1.54) is 0 Å². The van der Waals surface area contributed by atoms with Crippen LogP contribution < -0.4 is 10.9 Å². The van der Waals surface area contributed by atoms with Crippen molar-refractivity contribution in [2.45, 2.75) is 0 Å². The summed E-state index contributed by atoms with van der Waals surface area (Å²) in [6.07, 6.45) is 0. The number of para-hydroxylation sites is 3. The minimum absolute atomic E-state index is 0.365. The molecule has 3 heteroatoms. The van der Waals surface area contributed by atoms with Crippen LogP contribution in [0.25, 0.3) is 0 Å². The summed E-state index contributed by atoms with van der Waals surface area (Å²) in [5, 5.41) is 0.579. The average Bonchev–Trinajstić information content (AvgIpc) is 2.30. The molecule has 0 atom stereocenters. The van der Waals surface area contributed by atoms with Crippen LogP contribution in [0, 0.1) is 0 Å². The molecular weight excluding hydrogens is 191 g/mol. The van der Waals surface area contributed by atoms with Crippen LogP contribution in [-0.2, 0) is 0 Å². The van der Waals surface area contributed by atoms with Crippen molar-refractivity contribution in [2.24, 2.45) is 0 Å². The lowest BCUT2D eigenvalue weighted by Crippen LogP contribution is -2.05. The smallest absolute Gasteiger partial charge is 0.0976 e. The molecule has 2 N–H and O–H groups in total. The molecule has 76 valence electrons. The van der Waals surface area contributed by atoms with Gasteiger partial charge in [-0.2, -0.15) is 5.12 Å². The molecule has 0 heterocycles. The van der Waals surface area contributed by atoms with E-state index < -0.39 is 0 Å². The fourth-order valence-electron chi connectivity index (χ4n) is 1.36. The van der Waals surface area contributed by atoms with Crippen molar-refractivity contribution < 1.29 is 4.48 Å². The third-order valence-corrected chi connectivity index (χ3v) is 2.13. The van der Waals surface area contributed by atoms with Gasteiger partial charge in [0.2, 0.25) is 0 Å². The molecule has 0 radical (unpaired) electrons. The summed E-state index contributed by atoms with van der Waals surface area (Å²) in [6, 6.07) is 15.6. The molecule has 2 rings (SSSR count). The molecule has 0 bridgehead atoms. The molecule has 2 aromatic rings. The predicted octanol–water partition coefficient (Wildman–Crippen LogP) is 3.29. The van der Waals surface area contributed by atoms with Gasteiger partial charge < -0.3 is 5.73 Å². The molecular formula is C12H11FN2. The monoisotopic (exact) mass is 202 g/mol. The van der Waals surface area contributed by atoms with Gasteiger partial charge in [0.05, 0.1) is 17.1 Å². The van der Waals surface area contributed by atoms with E-state index in [0.29, 0.717) is 22.2 Å². The number of benzene rings is 2. The SMILES string of the molecule is Nc1ccccc1N(F)c1ccccc1. The van der Waals surface area contributed by atoms with Crippen molar-refractivity contribution in [3.8, 4) is 0 Å². The zero-order chi connectivity index (χ0) is 10.7. The average molecular weight is 202 g/mol. The Balaban J connectivity index is 2.37. The first-order valence-corrected chi connectivity index (χ1v) is 4.64. The highest BCUT2D eigenvalue weighted by atomic mass is 19.2. The van der Waals surface area contributed by atoms with Crippen molar-refractivity contribution in [3.63, 3.8) is 0 Å². The van der Waals surface area contributed by atoms with Crippen molar-refractivity contribution in [3.05, 3.63) is 54.6 Å². The Morgan fingerprint density at radius 1 is 0.867 bits per heavy atom. The Bertz CT molecular complexity index is 442. The number of nitrogens with zero attached hydrogens (tertiary/aromatic N) is 1. The lowest BCUT2D eigenvalue weighted by Gasteiger charge is -2.15. The summed E-state index contributed by atoms with van der Waals surface area (Å²) in [6.45, 7) is 0. The topological polar surface area (TPSA) is 29.3 Å². The van der Waals surface area contributed by atoms with Gasteiger partial charge in [0.15, 0.2) is 0 Å². The largest absolute Gasteiger partial charge is 0.397 e. The Morgan fingerprint density at radius 2 is 1.47 bits per heavy atom. The van der Waals surface area contributed by atoms with Gasteiger partial charge in [-0.3, -0.25) is 0 Å². The second kappa shape index (κ2) is 4.00. The Labute approximate surface area is 87.7 Å². The maximum absolute atomic E-state index is 13.9. The molecule has 0 spiro atoms. The molecule has 0 aliphatic rings. The van der Waals surface area contributed by atoms with E-state index >= 15 is 0 Å². The van der Waals surface area contributed by atoms with Crippen LogP contribution in [0.3, 0.4) is 0 Å². The van der Waals surface area contributed by atoms with Crippen LogP contribution in [0.5, 0.6) is 0 Å². The molecule has 0 aromatic heterocycles. The highest BCUT2D eigenvalue weighted by Gasteiger charge is 2.09. The third-order valence-electron chi connectivity index (χ3n) is 2.13. The molecule has 2 nitrogen and oxygen atoms in total. The van der Waals surface area contributed by atoms with Gasteiger partial charge in [0.25, 0.3) is 0 Å². The number of hydrogen-bond donors (Lipinski definition) is 1. The van der Waals surface area contributed by atoms with E-state index in [1.807, 2.05) is 6.07 Å². The molecule has 0 saturated heterocycles. The molecule has 0 aliphatic heterocycles. The summed E-state index contributed by atoms with van der Waals surface area (Å²) in [5.74, 6) is 0. The van der Waals surface area contributed by atoms with Crippen molar-refractivity contribution >= 4 is 17.1 Å². The second-order valence-electron chi connectivity index (χ2n) is 3.18. The van der Waals surface area contributed by atoms with Crippen LogP contribution in [0.2, 0.25) is 0 Å². The Morgan fingerprint density at radius 3 is 2.13 bits per heavy atom. The first-order chi connectivity index (χ1) is 7.29. The summed E-state index contributed by atoms with van der Waals surface area (Å²) >= 11 is 0. The van der Waals surface area contributed by atoms with Crippen molar-refractivity contribution in [1.82, 2.24) is 0 Å². The Kier molecular flexibility index (Phi) is 2.54. The minimum atomic E-state index is 0.365. The number of nitrogens with two attached hydrogens (primary N) is 1. The minimum Gasteiger partial charge on any atom is -0.397 e. The zero-order valence-electron chi connectivity index (χ0n) is 8.10. The standard InChI is InChI=1S/C12H11FN2/c13-15(10-6-2-1-3-7-10)12-9-5-4-8-11(12)14/h1-9H,14H2.